The number of hydrogen-bond acceptors (Lipinski definition) is 3. The number of aryl methyl sites for hydroxylation is 2. The van der Waals surface area contributed by atoms with Crippen molar-refractivity contribution in [3.63, 3.8) is 0 Å². The first-order valence-electron chi connectivity index (χ1n) is 7.08. The van der Waals surface area contributed by atoms with Crippen molar-refractivity contribution in [2.24, 2.45) is 0 Å². The second kappa shape index (κ2) is 5.19. The molecule has 2 heterocycles. The summed E-state index contributed by atoms with van der Waals surface area (Å²) in [5, 5.41) is 12.5. The Morgan fingerprint density at radius 3 is 2.76 bits per heavy atom. The molecule has 1 aliphatic heterocycles. The van der Waals surface area contributed by atoms with E-state index in [0.717, 1.165) is 35.5 Å². The second-order valence-corrected chi connectivity index (χ2v) is 5.48. The van der Waals surface area contributed by atoms with Gasteiger partial charge in [0.05, 0.1) is 0 Å². The highest BCUT2D eigenvalue weighted by Gasteiger charge is 2.18. The zero-order chi connectivity index (χ0) is 15.0. The van der Waals surface area contributed by atoms with E-state index in [-0.39, 0.29) is 11.1 Å². The van der Waals surface area contributed by atoms with Gasteiger partial charge in [0.2, 0.25) is 0 Å². The van der Waals surface area contributed by atoms with E-state index < -0.39 is 0 Å². The van der Waals surface area contributed by atoms with Crippen molar-refractivity contribution in [2.75, 3.05) is 6.54 Å². The number of nitrogens with zero attached hydrogens (tertiary/aromatic N) is 2. The quantitative estimate of drug-likeness (QED) is 0.868. The molecule has 0 fully saturated rings. The van der Waals surface area contributed by atoms with Gasteiger partial charge in [-0.25, -0.2) is 0 Å². The summed E-state index contributed by atoms with van der Waals surface area (Å²) < 4.78 is 1.71. The van der Waals surface area contributed by atoms with Crippen LogP contribution >= 0.6 is 0 Å². The lowest BCUT2D eigenvalue weighted by atomic mass is 10.0. The molecule has 0 atom stereocenters. The van der Waals surface area contributed by atoms with Gasteiger partial charge < -0.3 is 5.32 Å². The molecule has 0 unspecified atom stereocenters. The predicted molar refractivity (Wildman–Crippen MR) is 81.6 cm³/mol. The van der Waals surface area contributed by atoms with Crippen LogP contribution in [0.4, 0.5) is 0 Å². The molecular formula is C17H17N3O. The summed E-state index contributed by atoms with van der Waals surface area (Å²) in [4.78, 5) is 12.6. The van der Waals surface area contributed by atoms with Crippen LogP contribution in [0.2, 0.25) is 0 Å². The van der Waals surface area contributed by atoms with Gasteiger partial charge in [-0.3, -0.25) is 9.36 Å². The number of nitrogens with one attached hydrogen (secondary N) is 1. The molecule has 0 spiro atoms. The van der Waals surface area contributed by atoms with Crippen molar-refractivity contribution in [1.29, 1.82) is 5.26 Å². The summed E-state index contributed by atoms with van der Waals surface area (Å²) in [6.45, 7) is 5.64. The largest absolute Gasteiger partial charge is 0.312 e. The molecule has 1 N–H and O–H groups in total. The van der Waals surface area contributed by atoms with E-state index in [0.29, 0.717) is 6.54 Å². The van der Waals surface area contributed by atoms with Crippen molar-refractivity contribution >= 4 is 0 Å². The molecule has 0 bridgehead atoms. The third kappa shape index (κ3) is 2.26. The van der Waals surface area contributed by atoms with Crippen molar-refractivity contribution in [3.8, 4) is 11.8 Å². The van der Waals surface area contributed by atoms with E-state index in [1.165, 1.54) is 5.56 Å². The fourth-order valence-corrected chi connectivity index (χ4v) is 2.78. The van der Waals surface area contributed by atoms with Gasteiger partial charge in [-0.15, -0.1) is 0 Å². The minimum Gasteiger partial charge on any atom is -0.312 e. The predicted octanol–water partition coefficient (Wildman–Crippen LogP) is 1.97. The molecule has 2 aromatic rings. The average Bonchev–Trinajstić information content (AvgIpc) is 2.49. The lowest BCUT2D eigenvalue weighted by Gasteiger charge is -2.22. The summed E-state index contributed by atoms with van der Waals surface area (Å²) in [5.41, 5.74) is 5.22. The Labute approximate surface area is 123 Å². The van der Waals surface area contributed by atoms with Crippen molar-refractivity contribution in [2.45, 2.75) is 26.8 Å². The summed E-state index contributed by atoms with van der Waals surface area (Å²) in [5.74, 6) is 0. The molecule has 4 nitrogen and oxygen atoms in total. The van der Waals surface area contributed by atoms with Gasteiger partial charge in [-0.2, -0.15) is 5.26 Å². The lowest BCUT2D eigenvalue weighted by Crippen LogP contribution is -2.33. The molecule has 0 aliphatic carbocycles. The molecule has 3 rings (SSSR count). The van der Waals surface area contributed by atoms with E-state index in [1.54, 1.807) is 10.6 Å². The molecule has 0 saturated heterocycles. The van der Waals surface area contributed by atoms with Crippen molar-refractivity contribution in [1.82, 2.24) is 9.88 Å². The molecule has 21 heavy (non-hydrogen) atoms. The maximum Gasteiger partial charge on any atom is 0.273 e. The van der Waals surface area contributed by atoms with Crippen LogP contribution in [-0.4, -0.2) is 11.1 Å². The first-order chi connectivity index (χ1) is 10.1. The average molecular weight is 279 g/mol. The Kier molecular flexibility index (Phi) is 3.36. The molecule has 1 aromatic carbocycles. The fourth-order valence-electron chi connectivity index (χ4n) is 2.78. The number of fused-ring (bicyclic) bond motifs is 1. The molecule has 0 radical (unpaired) electrons. The van der Waals surface area contributed by atoms with E-state index in [4.69, 9.17) is 0 Å². The highest BCUT2D eigenvalue weighted by Crippen LogP contribution is 2.19. The summed E-state index contributed by atoms with van der Waals surface area (Å²) in [6.07, 6.45) is 0.795. The van der Waals surface area contributed by atoms with Gasteiger partial charge >= 0.3 is 0 Å². The number of hydrogen-bond donors (Lipinski definition) is 1. The number of aromatic nitrogens is 1. The third-order valence-corrected chi connectivity index (χ3v) is 4.12. The van der Waals surface area contributed by atoms with Gasteiger partial charge in [0, 0.05) is 30.9 Å². The highest BCUT2D eigenvalue weighted by atomic mass is 16.1. The summed E-state index contributed by atoms with van der Waals surface area (Å²) in [7, 11) is 0. The Balaban J connectivity index is 2.32. The Morgan fingerprint density at radius 1 is 1.24 bits per heavy atom. The van der Waals surface area contributed by atoms with Gasteiger partial charge in [0.25, 0.3) is 5.56 Å². The molecule has 0 saturated carbocycles. The topological polar surface area (TPSA) is 57.8 Å². The summed E-state index contributed by atoms with van der Waals surface area (Å²) >= 11 is 0. The second-order valence-electron chi connectivity index (χ2n) is 5.48. The van der Waals surface area contributed by atoms with E-state index in [2.05, 4.69) is 5.32 Å². The highest BCUT2D eigenvalue weighted by molar-refractivity contribution is 5.45. The minimum absolute atomic E-state index is 0.204. The van der Waals surface area contributed by atoms with Crippen LogP contribution in [0.5, 0.6) is 0 Å². The maximum absolute atomic E-state index is 12.6. The van der Waals surface area contributed by atoms with Crippen LogP contribution in [-0.2, 0) is 13.0 Å². The number of pyridine rings is 1. The van der Waals surface area contributed by atoms with E-state index >= 15 is 0 Å². The zero-order valence-electron chi connectivity index (χ0n) is 12.2. The van der Waals surface area contributed by atoms with Crippen LogP contribution in [0.15, 0.2) is 29.1 Å². The number of nitriles is 1. The third-order valence-electron chi connectivity index (χ3n) is 4.12. The van der Waals surface area contributed by atoms with Crippen molar-refractivity contribution < 1.29 is 0 Å². The van der Waals surface area contributed by atoms with Gasteiger partial charge in [-0.1, -0.05) is 6.07 Å². The first-order valence-corrected chi connectivity index (χ1v) is 7.08. The molecule has 0 amide bonds. The van der Waals surface area contributed by atoms with Crippen LogP contribution in [0.25, 0.3) is 5.69 Å². The Bertz CT molecular complexity index is 812. The van der Waals surface area contributed by atoms with E-state index in [9.17, 15) is 10.1 Å². The van der Waals surface area contributed by atoms with E-state index in [1.807, 2.05) is 38.1 Å². The molecule has 4 heteroatoms. The molecular weight excluding hydrogens is 262 g/mol. The lowest BCUT2D eigenvalue weighted by molar-refractivity contribution is 0.612. The zero-order valence-corrected chi connectivity index (χ0v) is 12.2. The number of rotatable bonds is 1. The normalized spacial score (nSPS) is 13.6. The number of benzene rings is 1. The van der Waals surface area contributed by atoms with Gasteiger partial charge in [0.1, 0.15) is 11.6 Å². The van der Waals surface area contributed by atoms with Gasteiger partial charge in [-0.05, 0) is 48.7 Å². The summed E-state index contributed by atoms with van der Waals surface area (Å²) in [6, 6.07) is 9.73. The molecule has 1 aliphatic rings. The van der Waals surface area contributed by atoms with Crippen LogP contribution in [0.3, 0.4) is 0 Å². The van der Waals surface area contributed by atoms with Crippen molar-refractivity contribution in [3.05, 3.63) is 62.6 Å². The standard InChI is InChI=1S/C17H17N3O/c1-11-3-4-15(7-12(11)2)20-16-5-6-19-10-14(16)8-13(9-18)17(20)21/h3-4,7-8,19H,5-6,10H2,1-2H3. The fraction of sp³-hybridized carbons (Fsp3) is 0.294. The molecule has 106 valence electrons. The minimum atomic E-state index is -0.221. The smallest absolute Gasteiger partial charge is 0.273 e. The maximum atomic E-state index is 12.6. The van der Waals surface area contributed by atoms with Crippen LogP contribution in [0.1, 0.15) is 27.9 Å². The van der Waals surface area contributed by atoms with Gasteiger partial charge in [0.15, 0.2) is 0 Å². The first kappa shape index (κ1) is 13.6. The van der Waals surface area contributed by atoms with Crippen LogP contribution < -0.4 is 10.9 Å². The molecule has 1 aromatic heterocycles. The van der Waals surface area contributed by atoms with Crippen LogP contribution in [0, 0.1) is 25.2 Å². The Hall–Kier alpha value is -2.38. The monoisotopic (exact) mass is 279 g/mol. The SMILES string of the molecule is Cc1ccc(-n2c3c(cc(C#N)c2=O)CNCC3)cc1C. The Morgan fingerprint density at radius 2 is 2.05 bits per heavy atom.